The molecule has 7 nitrogen and oxygen atoms in total. The Labute approximate surface area is 207 Å². The molecule has 7 heteroatoms. The lowest BCUT2D eigenvalue weighted by molar-refractivity contribution is 0.229. The second kappa shape index (κ2) is 8.02. The van der Waals surface area contributed by atoms with Crippen molar-refractivity contribution in [2.75, 3.05) is 7.11 Å². The Bertz CT molecular complexity index is 1770. The van der Waals surface area contributed by atoms with Gasteiger partial charge in [-0.15, -0.1) is 0 Å². The minimum atomic E-state index is -0.552. The molecule has 2 aromatic heterocycles. The predicted molar refractivity (Wildman–Crippen MR) is 139 cm³/mol. The van der Waals surface area contributed by atoms with E-state index in [2.05, 4.69) is 4.57 Å². The zero-order valence-corrected chi connectivity index (χ0v) is 20.5. The lowest BCUT2D eigenvalue weighted by Gasteiger charge is -2.30. The zero-order chi connectivity index (χ0) is 25.1. The number of nitrogens with zero attached hydrogens (tertiary/aromatic N) is 3. The molecule has 0 saturated carbocycles. The van der Waals surface area contributed by atoms with Gasteiger partial charge in [-0.3, -0.25) is 13.9 Å². The number of aryl methyl sites for hydroxylation is 2. The minimum Gasteiger partial charge on any atom is -0.497 e. The first-order valence-electron chi connectivity index (χ1n) is 11.7. The molecule has 180 valence electrons. The first-order valence-corrected chi connectivity index (χ1v) is 11.7. The van der Waals surface area contributed by atoms with Crippen molar-refractivity contribution in [3.8, 4) is 28.4 Å². The van der Waals surface area contributed by atoms with Crippen LogP contribution in [0.2, 0.25) is 0 Å². The number of hydrogen-bond donors (Lipinski definition) is 0. The fourth-order valence-electron chi connectivity index (χ4n) is 5.21. The Morgan fingerprint density at radius 2 is 1.56 bits per heavy atom. The molecule has 0 fully saturated rings. The zero-order valence-electron chi connectivity index (χ0n) is 20.5. The van der Waals surface area contributed by atoms with E-state index in [0.29, 0.717) is 16.7 Å². The van der Waals surface area contributed by atoms with E-state index in [9.17, 15) is 9.59 Å². The van der Waals surface area contributed by atoms with Crippen molar-refractivity contribution in [2.24, 2.45) is 14.1 Å². The molecule has 0 N–H and O–H groups in total. The lowest BCUT2D eigenvalue weighted by Crippen LogP contribution is -2.37. The molecule has 0 amide bonds. The Morgan fingerprint density at radius 3 is 2.28 bits per heavy atom. The summed E-state index contributed by atoms with van der Waals surface area (Å²) in [6.45, 7) is 2.03. The number of hydrogen-bond acceptors (Lipinski definition) is 4. The summed E-state index contributed by atoms with van der Waals surface area (Å²) in [5.74, 6) is 1.43. The third-order valence-electron chi connectivity index (χ3n) is 7.03. The average molecular weight is 480 g/mol. The van der Waals surface area contributed by atoms with E-state index < -0.39 is 6.10 Å². The predicted octanol–water partition coefficient (Wildman–Crippen LogP) is 4.49. The van der Waals surface area contributed by atoms with Crippen LogP contribution < -0.4 is 20.7 Å². The van der Waals surface area contributed by atoms with Gasteiger partial charge >= 0.3 is 5.69 Å². The maximum Gasteiger partial charge on any atom is 0.331 e. The molecule has 1 aliphatic rings. The Hall–Kier alpha value is -4.52. The molecule has 0 spiro atoms. The van der Waals surface area contributed by atoms with Crippen molar-refractivity contribution in [1.82, 2.24) is 13.7 Å². The molecule has 3 aromatic carbocycles. The lowest BCUT2D eigenvalue weighted by atomic mass is 10.0. The first-order chi connectivity index (χ1) is 17.4. The van der Waals surface area contributed by atoms with Crippen LogP contribution in [0.5, 0.6) is 11.5 Å². The van der Waals surface area contributed by atoms with Crippen molar-refractivity contribution in [1.29, 1.82) is 0 Å². The molecular weight excluding hydrogens is 454 g/mol. The van der Waals surface area contributed by atoms with Crippen LogP contribution in [0.4, 0.5) is 0 Å². The van der Waals surface area contributed by atoms with Crippen molar-refractivity contribution in [2.45, 2.75) is 13.0 Å². The maximum atomic E-state index is 13.7. The number of fused-ring (bicyclic) bond motifs is 5. The van der Waals surface area contributed by atoms with E-state index in [1.807, 2.05) is 79.7 Å². The van der Waals surface area contributed by atoms with Gasteiger partial charge < -0.3 is 14.0 Å². The van der Waals surface area contributed by atoms with Crippen LogP contribution in [0.1, 0.15) is 22.9 Å². The normalized spacial score (nSPS) is 14.3. The molecule has 0 aliphatic carbocycles. The largest absolute Gasteiger partial charge is 0.497 e. The summed E-state index contributed by atoms with van der Waals surface area (Å²) in [5, 5.41) is 0.489. The van der Waals surface area contributed by atoms with Gasteiger partial charge in [0.15, 0.2) is 6.10 Å². The van der Waals surface area contributed by atoms with Gasteiger partial charge in [0.1, 0.15) is 11.5 Å². The maximum absolute atomic E-state index is 13.7. The summed E-state index contributed by atoms with van der Waals surface area (Å²) in [7, 11) is 4.85. The Balaban J connectivity index is 1.84. The third kappa shape index (κ3) is 2.99. The Morgan fingerprint density at radius 1 is 0.861 bits per heavy atom. The van der Waals surface area contributed by atoms with E-state index in [0.717, 1.165) is 39.5 Å². The monoisotopic (exact) mass is 479 g/mol. The van der Waals surface area contributed by atoms with Crippen molar-refractivity contribution in [3.63, 3.8) is 0 Å². The van der Waals surface area contributed by atoms with E-state index in [4.69, 9.17) is 9.47 Å². The smallest absolute Gasteiger partial charge is 0.331 e. The standard InChI is InChI=1S/C29H25N3O4/c1-17-9-5-6-10-20(17)24-23-25(30(2)29(34)31(3)28(23)33)26-27(18-13-15-19(35-4)16-14-18)36-22-12-8-7-11-21(22)32(24)26/h5-16,27H,1-4H3/t27-/m1/s1. The fourth-order valence-corrected chi connectivity index (χ4v) is 5.21. The fraction of sp³-hybridized carbons (Fsp3) is 0.172. The number of aromatic nitrogens is 3. The average Bonchev–Trinajstić information content (AvgIpc) is 3.27. The highest BCUT2D eigenvalue weighted by molar-refractivity contribution is 5.98. The second-order valence-corrected chi connectivity index (χ2v) is 9.05. The number of benzene rings is 3. The highest BCUT2D eigenvalue weighted by Gasteiger charge is 2.36. The first kappa shape index (κ1) is 22.0. The number of para-hydroxylation sites is 2. The van der Waals surface area contributed by atoms with Gasteiger partial charge in [0.2, 0.25) is 0 Å². The van der Waals surface area contributed by atoms with Crippen LogP contribution in [-0.2, 0) is 14.1 Å². The second-order valence-electron chi connectivity index (χ2n) is 9.05. The number of rotatable bonds is 3. The number of ether oxygens (including phenoxy) is 2. The molecule has 0 saturated heterocycles. The van der Waals surface area contributed by atoms with Crippen molar-refractivity contribution < 1.29 is 9.47 Å². The SMILES string of the molecule is COc1ccc([C@H]2Oc3ccccc3-n3c(-c4ccccc4C)c4c(=O)n(C)c(=O)n(C)c4c32)cc1. The van der Waals surface area contributed by atoms with Gasteiger partial charge in [0.05, 0.1) is 35.1 Å². The van der Waals surface area contributed by atoms with E-state index in [1.54, 1.807) is 18.7 Å². The molecule has 6 rings (SSSR count). The third-order valence-corrected chi connectivity index (χ3v) is 7.03. The summed E-state index contributed by atoms with van der Waals surface area (Å²) < 4.78 is 16.8. The number of methoxy groups -OCH3 is 1. The van der Waals surface area contributed by atoms with Crippen LogP contribution in [0.15, 0.2) is 82.4 Å². The molecule has 0 bridgehead atoms. The van der Waals surface area contributed by atoms with Crippen LogP contribution in [0.3, 0.4) is 0 Å². The van der Waals surface area contributed by atoms with Gasteiger partial charge in [0.25, 0.3) is 5.56 Å². The highest BCUT2D eigenvalue weighted by atomic mass is 16.5. The summed E-state index contributed by atoms with van der Waals surface area (Å²) >= 11 is 0. The highest BCUT2D eigenvalue weighted by Crippen LogP contribution is 2.47. The summed E-state index contributed by atoms with van der Waals surface area (Å²) in [6, 6.07) is 23.4. The van der Waals surface area contributed by atoms with Crippen LogP contribution in [0, 0.1) is 6.92 Å². The topological polar surface area (TPSA) is 67.4 Å². The summed E-state index contributed by atoms with van der Waals surface area (Å²) in [6.07, 6.45) is -0.552. The summed E-state index contributed by atoms with van der Waals surface area (Å²) in [4.78, 5) is 26.9. The van der Waals surface area contributed by atoms with Crippen molar-refractivity contribution >= 4 is 10.9 Å². The van der Waals surface area contributed by atoms with E-state index >= 15 is 0 Å². The van der Waals surface area contributed by atoms with Gasteiger partial charge in [0, 0.05) is 19.7 Å². The molecular formula is C29H25N3O4. The van der Waals surface area contributed by atoms with Gasteiger partial charge in [-0.25, -0.2) is 4.79 Å². The molecule has 0 radical (unpaired) electrons. The van der Waals surface area contributed by atoms with Crippen LogP contribution in [-0.4, -0.2) is 20.8 Å². The molecule has 36 heavy (non-hydrogen) atoms. The minimum absolute atomic E-state index is 0.334. The van der Waals surface area contributed by atoms with Crippen molar-refractivity contribution in [3.05, 3.63) is 110 Å². The Kier molecular flexibility index (Phi) is 4.89. The molecule has 1 atom stereocenters. The molecule has 1 aliphatic heterocycles. The molecule has 0 unspecified atom stereocenters. The quantitative estimate of drug-likeness (QED) is 0.382. The van der Waals surface area contributed by atoms with Gasteiger partial charge in [-0.2, -0.15) is 0 Å². The van der Waals surface area contributed by atoms with E-state index in [1.165, 1.54) is 11.6 Å². The summed E-state index contributed by atoms with van der Waals surface area (Å²) in [5.41, 5.74) is 5.00. The van der Waals surface area contributed by atoms with Gasteiger partial charge in [-0.1, -0.05) is 48.5 Å². The van der Waals surface area contributed by atoms with Crippen LogP contribution in [0.25, 0.3) is 27.8 Å². The van der Waals surface area contributed by atoms with E-state index in [-0.39, 0.29) is 11.2 Å². The van der Waals surface area contributed by atoms with Gasteiger partial charge in [-0.05, 0) is 42.3 Å². The molecule has 5 aromatic rings. The molecule has 3 heterocycles. The van der Waals surface area contributed by atoms with Crippen LogP contribution >= 0.6 is 0 Å².